The van der Waals surface area contributed by atoms with Gasteiger partial charge in [-0.05, 0) is 66.1 Å². The summed E-state index contributed by atoms with van der Waals surface area (Å²) in [7, 11) is 0. The lowest BCUT2D eigenvalue weighted by Crippen LogP contribution is -2.43. The number of carbonyl (C=O) groups is 1. The molecule has 0 aromatic carbocycles. The minimum Gasteiger partial charge on any atom is -0.481 e. The van der Waals surface area contributed by atoms with Crippen molar-refractivity contribution in [1.82, 2.24) is 14.6 Å². The summed E-state index contributed by atoms with van der Waals surface area (Å²) in [4.78, 5) is 18.1. The van der Waals surface area contributed by atoms with Crippen LogP contribution in [0.3, 0.4) is 0 Å². The van der Waals surface area contributed by atoms with Crippen LogP contribution in [0.4, 0.5) is 5.82 Å². The molecule has 2 fully saturated rings. The lowest BCUT2D eigenvalue weighted by atomic mass is 9.91. The summed E-state index contributed by atoms with van der Waals surface area (Å²) in [6, 6.07) is 2.31. The van der Waals surface area contributed by atoms with E-state index in [0.717, 1.165) is 22.5 Å². The van der Waals surface area contributed by atoms with Crippen LogP contribution in [0.25, 0.3) is 5.52 Å². The maximum Gasteiger partial charge on any atom is 0.306 e. The van der Waals surface area contributed by atoms with E-state index >= 15 is 0 Å². The molecule has 0 unspecified atom stereocenters. The Morgan fingerprint density at radius 2 is 2.17 bits per heavy atom. The molecule has 4 rings (SSSR count). The molecule has 3 heterocycles. The summed E-state index contributed by atoms with van der Waals surface area (Å²) in [5.74, 6) is 0.603. The first-order valence-corrected chi connectivity index (χ1v) is 8.87. The molecular formula is C16H19BrN4O2. The van der Waals surface area contributed by atoms with E-state index < -0.39 is 5.97 Å². The Balaban J connectivity index is 1.76. The molecule has 23 heavy (non-hydrogen) atoms. The topological polar surface area (TPSA) is 70.7 Å². The van der Waals surface area contributed by atoms with Crippen molar-refractivity contribution in [2.24, 2.45) is 5.92 Å². The number of hydrogen-bond acceptors (Lipinski definition) is 4. The second-order valence-electron chi connectivity index (χ2n) is 6.64. The highest BCUT2D eigenvalue weighted by Crippen LogP contribution is 2.45. The summed E-state index contributed by atoms with van der Waals surface area (Å²) in [5, 5.41) is 13.6. The highest BCUT2D eigenvalue weighted by molar-refractivity contribution is 9.10. The van der Waals surface area contributed by atoms with Gasteiger partial charge in [0.15, 0.2) is 5.82 Å². The van der Waals surface area contributed by atoms with Gasteiger partial charge in [0.2, 0.25) is 0 Å². The van der Waals surface area contributed by atoms with Crippen molar-refractivity contribution < 1.29 is 9.90 Å². The van der Waals surface area contributed by atoms with Crippen molar-refractivity contribution in [3.63, 3.8) is 0 Å². The monoisotopic (exact) mass is 378 g/mol. The molecule has 0 bridgehead atoms. The van der Waals surface area contributed by atoms with Crippen LogP contribution in [0.15, 0.2) is 17.0 Å². The Morgan fingerprint density at radius 1 is 1.39 bits per heavy atom. The van der Waals surface area contributed by atoms with E-state index in [1.165, 1.54) is 18.4 Å². The Labute approximate surface area is 142 Å². The number of halogens is 1. The highest BCUT2D eigenvalue weighted by Gasteiger charge is 2.34. The quantitative estimate of drug-likeness (QED) is 0.888. The van der Waals surface area contributed by atoms with Gasteiger partial charge in [-0.1, -0.05) is 0 Å². The Morgan fingerprint density at radius 3 is 2.83 bits per heavy atom. The van der Waals surface area contributed by atoms with Gasteiger partial charge in [0.1, 0.15) is 16.4 Å². The standard InChI is InChI=1S/C16H19BrN4O2/c1-9-6-11(16(22)23)4-5-20(9)15-14-12(10-2-3-10)7-13(17)21(14)19-8-18-15/h7-11H,2-6H2,1H3,(H,22,23)/t9-,11+/m1/s1. The first-order chi connectivity index (χ1) is 11.1. The Bertz CT molecular complexity index is 771. The number of carboxylic acid groups (broad SMARTS) is 1. The molecule has 1 N–H and O–H groups in total. The summed E-state index contributed by atoms with van der Waals surface area (Å²) < 4.78 is 2.86. The molecule has 1 saturated carbocycles. The number of aromatic nitrogens is 3. The predicted octanol–water partition coefficient (Wildman–Crippen LogP) is 3.06. The van der Waals surface area contributed by atoms with Crippen LogP contribution in [0.1, 0.15) is 44.1 Å². The minimum absolute atomic E-state index is 0.157. The molecule has 1 aliphatic heterocycles. The fourth-order valence-corrected chi connectivity index (χ4v) is 4.16. The van der Waals surface area contributed by atoms with Crippen molar-refractivity contribution in [1.29, 1.82) is 0 Å². The molecule has 7 heteroatoms. The Hall–Kier alpha value is -1.63. The zero-order chi connectivity index (χ0) is 16.1. The number of aliphatic carboxylic acids is 1. The minimum atomic E-state index is -0.687. The predicted molar refractivity (Wildman–Crippen MR) is 89.8 cm³/mol. The van der Waals surface area contributed by atoms with Gasteiger partial charge < -0.3 is 10.0 Å². The van der Waals surface area contributed by atoms with Gasteiger partial charge in [-0.3, -0.25) is 4.79 Å². The molecule has 0 radical (unpaired) electrons. The smallest absolute Gasteiger partial charge is 0.306 e. The van der Waals surface area contributed by atoms with Crippen molar-refractivity contribution in [2.45, 2.75) is 44.6 Å². The van der Waals surface area contributed by atoms with Gasteiger partial charge in [-0.15, -0.1) is 0 Å². The second-order valence-corrected chi connectivity index (χ2v) is 7.46. The van der Waals surface area contributed by atoms with Crippen molar-refractivity contribution in [3.8, 4) is 0 Å². The maximum atomic E-state index is 11.3. The lowest BCUT2D eigenvalue weighted by Gasteiger charge is -2.37. The number of carboxylic acids is 1. The van der Waals surface area contributed by atoms with Gasteiger partial charge in [0.05, 0.1) is 5.92 Å². The number of rotatable bonds is 3. The van der Waals surface area contributed by atoms with Crippen LogP contribution in [0, 0.1) is 5.92 Å². The summed E-state index contributed by atoms with van der Waals surface area (Å²) in [6.07, 6.45) is 5.34. The first-order valence-electron chi connectivity index (χ1n) is 8.08. The lowest BCUT2D eigenvalue weighted by molar-refractivity contribution is -0.142. The summed E-state index contributed by atoms with van der Waals surface area (Å²) >= 11 is 3.59. The SMILES string of the molecule is C[C@@H]1C[C@@H](C(=O)O)CCN1c1ncnn2c(Br)cc(C3CC3)c12. The largest absolute Gasteiger partial charge is 0.481 e. The number of nitrogens with zero attached hydrogens (tertiary/aromatic N) is 4. The van der Waals surface area contributed by atoms with Gasteiger partial charge in [0, 0.05) is 12.6 Å². The van der Waals surface area contributed by atoms with Gasteiger partial charge >= 0.3 is 5.97 Å². The average Bonchev–Trinajstić information content (AvgIpc) is 3.32. The van der Waals surface area contributed by atoms with E-state index in [1.807, 2.05) is 4.52 Å². The van der Waals surface area contributed by atoms with Crippen molar-refractivity contribution in [2.75, 3.05) is 11.4 Å². The molecule has 1 saturated heterocycles. The Kier molecular flexibility index (Phi) is 3.55. The summed E-state index contributed by atoms with van der Waals surface area (Å²) in [6.45, 7) is 2.81. The fraction of sp³-hybridized carbons (Fsp3) is 0.562. The van der Waals surface area contributed by atoms with Crippen LogP contribution in [-0.2, 0) is 4.79 Å². The number of anilines is 1. The van der Waals surface area contributed by atoms with E-state index in [2.05, 4.69) is 43.9 Å². The molecule has 0 spiro atoms. The van der Waals surface area contributed by atoms with Crippen LogP contribution < -0.4 is 4.90 Å². The third kappa shape index (κ3) is 2.51. The number of fused-ring (bicyclic) bond motifs is 1. The van der Waals surface area contributed by atoms with Crippen LogP contribution in [-0.4, -0.2) is 38.3 Å². The van der Waals surface area contributed by atoms with Gasteiger partial charge in [-0.25, -0.2) is 9.50 Å². The highest BCUT2D eigenvalue weighted by atomic mass is 79.9. The van der Waals surface area contributed by atoms with E-state index in [-0.39, 0.29) is 12.0 Å². The second kappa shape index (κ2) is 5.47. The molecule has 2 aromatic rings. The average molecular weight is 379 g/mol. The number of hydrogen-bond donors (Lipinski definition) is 1. The zero-order valence-electron chi connectivity index (χ0n) is 12.9. The van der Waals surface area contributed by atoms with E-state index in [1.54, 1.807) is 6.33 Å². The molecule has 2 aliphatic rings. The molecule has 122 valence electrons. The van der Waals surface area contributed by atoms with E-state index in [4.69, 9.17) is 0 Å². The third-order valence-electron chi connectivity index (χ3n) is 5.04. The third-order valence-corrected chi connectivity index (χ3v) is 5.60. The van der Waals surface area contributed by atoms with Crippen LogP contribution >= 0.6 is 15.9 Å². The molecule has 1 aliphatic carbocycles. The fourth-order valence-electron chi connectivity index (χ4n) is 3.64. The van der Waals surface area contributed by atoms with Gasteiger partial charge in [-0.2, -0.15) is 5.10 Å². The molecule has 2 aromatic heterocycles. The van der Waals surface area contributed by atoms with E-state index in [0.29, 0.717) is 18.8 Å². The van der Waals surface area contributed by atoms with Gasteiger partial charge in [0.25, 0.3) is 0 Å². The molecule has 0 amide bonds. The first kappa shape index (κ1) is 14.9. The molecule has 6 nitrogen and oxygen atoms in total. The molecule has 2 atom stereocenters. The normalized spacial score (nSPS) is 25.0. The maximum absolute atomic E-state index is 11.3. The summed E-state index contributed by atoms with van der Waals surface area (Å²) in [5.41, 5.74) is 2.38. The van der Waals surface area contributed by atoms with Crippen LogP contribution in [0.5, 0.6) is 0 Å². The van der Waals surface area contributed by atoms with Crippen molar-refractivity contribution >= 4 is 33.2 Å². The number of piperidine rings is 1. The van der Waals surface area contributed by atoms with Crippen molar-refractivity contribution in [3.05, 3.63) is 22.6 Å². The molecular weight excluding hydrogens is 360 g/mol. The zero-order valence-corrected chi connectivity index (χ0v) is 14.5. The van der Waals surface area contributed by atoms with Crippen LogP contribution in [0.2, 0.25) is 0 Å². The van der Waals surface area contributed by atoms with E-state index in [9.17, 15) is 9.90 Å².